The monoisotopic (exact) mass is 309 g/mol. The molecule has 0 radical (unpaired) electrons. The molecule has 2 heterocycles. The van der Waals surface area contributed by atoms with E-state index in [0.717, 1.165) is 28.7 Å². The predicted molar refractivity (Wildman–Crippen MR) is 73.6 cm³/mol. The maximum atomic E-state index is 5.62. The third-order valence-corrected chi connectivity index (χ3v) is 3.12. The number of hydrazine groups is 1. The van der Waals surface area contributed by atoms with Gasteiger partial charge in [-0.05, 0) is 34.5 Å². The summed E-state index contributed by atoms with van der Waals surface area (Å²) in [4.78, 5) is 4.35. The highest BCUT2D eigenvalue weighted by molar-refractivity contribution is 9.10. The van der Waals surface area contributed by atoms with E-state index in [0.29, 0.717) is 0 Å². The zero-order chi connectivity index (χ0) is 13.0. The fraction of sp³-hybridized carbons (Fsp3) is 0.333. The van der Waals surface area contributed by atoms with Gasteiger partial charge in [0.05, 0.1) is 17.9 Å². The summed E-state index contributed by atoms with van der Waals surface area (Å²) in [5.74, 6) is 5.62. The average Bonchev–Trinajstić information content (AvgIpc) is 2.82. The molecule has 96 valence electrons. The minimum atomic E-state index is -0.135. The molecule has 1 atom stereocenters. The minimum absolute atomic E-state index is 0.135. The Kier molecular flexibility index (Phi) is 4.46. The predicted octanol–water partition coefficient (Wildman–Crippen LogP) is 2.00. The zero-order valence-electron chi connectivity index (χ0n) is 10.2. The van der Waals surface area contributed by atoms with Crippen molar-refractivity contribution >= 4 is 15.9 Å². The molecule has 0 saturated heterocycles. The van der Waals surface area contributed by atoms with Crippen LogP contribution in [0.4, 0.5) is 0 Å². The van der Waals surface area contributed by atoms with E-state index >= 15 is 0 Å². The van der Waals surface area contributed by atoms with Crippen LogP contribution in [0.1, 0.15) is 30.6 Å². The van der Waals surface area contributed by atoms with Crippen LogP contribution in [-0.4, -0.2) is 14.8 Å². The second-order valence-electron chi connectivity index (χ2n) is 4.04. The van der Waals surface area contributed by atoms with Crippen LogP contribution in [0.25, 0.3) is 0 Å². The first-order valence-corrected chi connectivity index (χ1v) is 6.63. The first kappa shape index (κ1) is 13.2. The molecule has 0 saturated carbocycles. The van der Waals surface area contributed by atoms with Crippen molar-refractivity contribution < 1.29 is 0 Å². The highest BCUT2D eigenvalue weighted by atomic mass is 79.9. The van der Waals surface area contributed by atoms with Crippen molar-refractivity contribution in [2.75, 3.05) is 0 Å². The molecule has 0 aliphatic carbocycles. The lowest BCUT2D eigenvalue weighted by Crippen LogP contribution is -2.29. The summed E-state index contributed by atoms with van der Waals surface area (Å²) < 4.78 is 2.86. The van der Waals surface area contributed by atoms with Crippen LogP contribution < -0.4 is 11.3 Å². The van der Waals surface area contributed by atoms with Crippen LogP contribution >= 0.6 is 15.9 Å². The van der Waals surface area contributed by atoms with Crippen LogP contribution in [0.2, 0.25) is 0 Å². The normalized spacial score (nSPS) is 12.6. The van der Waals surface area contributed by atoms with Crippen molar-refractivity contribution in [3.63, 3.8) is 0 Å². The molecular formula is C12H16BrN5. The lowest BCUT2D eigenvalue weighted by molar-refractivity contribution is 0.595. The summed E-state index contributed by atoms with van der Waals surface area (Å²) >= 11 is 3.37. The highest BCUT2D eigenvalue weighted by Crippen LogP contribution is 2.20. The van der Waals surface area contributed by atoms with Crippen LogP contribution in [-0.2, 0) is 6.54 Å². The van der Waals surface area contributed by atoms with Crippen LogP contribution in [0.5, 0.6) is 0 Å². The Bertz CT molecular complexity index is 493. The van der Waals surface area contributed by atoms with E-state index in [-0.39, 0.29) is 6.04 Å². The molecule has 2 aromatic heterocycles. The van der Waals surface area contributed by atoms with Gasteiger partial charge in [-0.2, -0.15) is 5.10 Å². The standard InChI is InChI=1S/C12H16BrN5/c1-2-5-18-8-9(6-16-18)12(17-14)11-4-3-10(13)7-15-11/h3-4,6-8,12,17H,2,5,14H2,1H3. The van der Waals surface area contributed by atoms with Gasteiger partial charge in [-0.1, -0.05) is 6.92 Å². The van der Waals surface area contributed by atoms with Crippen molar-refractivity contribution in [3.05, 3.63) is 46.5 Å². The Morgan fingerprint density at radius 3 is 2.89 bits per heavy atom. The lowest BCUT2D eigenvalue weighted by atomic mass is 10.1. The molecule has 0 spiro atoms. The third-order valence-electron chi connectivity index (χ3n) is 2.65. The molecule has 18 heavy (non-hydrogen) atoms. The van der Waals surface area contributed by atoms with Crippen molar-refractivity contribution in [2.45, 2.75) is 25.9 Å². The maximum Gasteiger partial charge on any atom is 0.0911 e. The second kappa shape index (κ2) is 6.08. The van der Waals surface area contributed by atoms with Gasteiger partial charge in [0.15, 0.2) is 0 Å². The maximum absolute atomic E-state index is 5.62. The number of nitrogens with zero attached hydrogens (tertiary/aromatic N) is 3. The Morgan fingerprint density at radius 2 is 2.28 bits per heavy atom. The van der Waals surface area contributed by atoms with Gasteiger partial charge in [0.2, 0.25) is 0 Å². The van der Waals surface area contributed by atoms with E-state index in [1.54, 1.807) is 6.20 Å². The Balaban J connectivity index is 2.24. The summed E-state index contributed by atoms with van der Waals surface area (Å²) in [6.07, 6.45) is 6.64. The van der Waals surface area contributed by atoms with Gasteiger partial charge in [-0.25, -0.2) is 5.43 Å². The molecule has 6 heteroatoms. The van der Waals surface area contributed by atoms with Crippen molar-refractivity contribution in [2.24, 2.45) is 5.84 Å². The number of hydrogen-bond acceptors (Lipinski definition) is 4. The Labute approximate surface area is 115 Å². The number of aryl methyl sites for hydroxylation is 1. The Morgan fingerprint density at radius 1 is 1.44 bits per heavy atom. The van der Waals surface area contributed by atoms with E-state index in [1.807, 2.05) is 29.2 Å². The molecule has 0 aliphatic heterocycles. The van der Waals surface area contributed by atoms with E-state index in [2.05, 4.69) is 38.4 Å². The molecule has 0 aliphatic rings. The molecule has 1 unspecified atom stereocenters. The molecule has 0 aromatic carbocycles. The topological polar surface area (TPSA) is 68.8 Å². The van der Waals surface area contributed by atoms with E-state index in [4.69, 9.17) is 5.84 Å². The fourth-order valence-electron chi connectivity index (χ4n) is 1.79. The quantitative estimate of drug-likeness (QED) is 0.655. The number of pyridine rings is 1. The van der Waals surface area contributed by atoms with Crippen molar-refractivity contribution in [1.82, 2.24) is 20.2 Å². The number of hydrogen-bond donors (Lipinski definition) is 2. The lowest BCUT2D eigenvalue weighted by Gasteiger charge is -2.13. The molecule has 0 amide bonds. The van der Waals surface area contributed by atoms with Gasteiger partial charge in [0.1, 0.15) is 0 Å². The Hall–Kier alpha value is -1.24. The first-order valence-electron chi connectivity index (χ1n) is 5.84. The molecule has 3 N–H and O–H groups in total. The number of nitrogens with two attached hydrogens (primary N) is 1. The fourth-order valence-corrected chi connectivity index (χ4v) is 2.02. The van der Waals surface area contributed by atoms with Gasteiger partial charge in [-0.3, -0.25) is 15.5 Å². The van der Waals surface area contributed by atoms with Gasteiger partial charge >= 0.3 is 0 Å². The third kappa shape index (κ3) is 2.95. The molecule has 0 fully saturated rings. The number of nitrogens with one attached hydrogen (secondary N) is 1. The van der Waals surface area contributed by atoms with Crippen LogP contribution in [0, 0.1) is 0 Å². The van der Waals surface area contributed by atoms with Gasteiger partial charge in [0.25, 0.3) is 0 Å². The summed E-state index contributed by atoms with van der Waals surface area (Å²) in [5, 5.41) is 4.30. The van der Waals surface area contributed by atoms with Crippen molar-refractivity contribution in [1.29, 1.82) is 0 Å². The molecule has 2 rings (SSSR count). The van der Waals surface area contributed by atoms with Crippen LogP contribution in [0.3, 0.4) is 0 Å². The minimum Gasteiger partial charge on any atom is -0.272 e. The number of rotatable bonds is 5. The molecule has 0 bridgehead atoms. The first-order chi connectivity index (χ1) is 8.74. The zero-order valence-corrected chi connectivity index (χ0v) is 11.8. The molecule has 5 nitrogen and oxygen atoms in total. The smallest absolute Gasteiger partial charge is 0.0911 e. The SMILES string of the molecule is CCCn1cc(C(NN)c2ccc(Br)cn2)cn1. The summed E-state index contributed by atoms with van der Waals surface area (Å²) in [5.41, 5.74) is 4.66. The molecule has 2 aromatic rings. The van der Waals surface area contributed by atoms with Crippen molar-refractivity contribution in [3.8, 4) is 0 Å². The van der Waals surface area contributed by atoms with Gasteiger partial charge in [0, 0.05) is 29.0 Å². The number of halogens is 1. The van der Waals surface area contributed by atoms with E-state index in [9.17, 15) is 0 Å². The summed E-state index contributed by atoms with van der Waals surface area (Å²) in [6.45, 7) is 3.03. The van der Waals surface area contributed by atoms with E-state index in [1.165, 1.54) is 0 Å². The molecular weight excluding hydrogens is 294 g/mol. The largest absolute Gasteiger partial charge is 0.272 e. The average molecular weight is 310 g/mol. The van der Waals surface area contributed by atoms with Gasteiger partial charge in [-0.15, -0.1) is 0 Å². The summed E-state index contributed by atoms with van der Waals surface area (Å²) in [7, 11) is 0. The summed E-state index contributed by atoms with van der Waals surface area (Å²) in [6, 6.07) is 3.75. The van der Waals surface area contributed by atoms with Gasteiger partial charge < -0.3 is 0 Å². The number of aromatic nitrogens is 3. The second-order valence-corrected chi connectivity index (χ2v) is 4.95. The highest BCUT2D eigenvalue weighted by Gasteiger charge is 2.15. The van der Waals surface area contributed by atoms with Crippen LogP contribution in [0.15, 0.2) is 35.2 Å². The van der Waals surface area contributed by atoms with E-state index < -0.39 is 0 Å².